The minimum Gasteiger partial charge on any atom is -0.436 e. The molecule has 0 aliphatic rings. The molecular formula is C15H16F2N2O. The standard InChI is InChI=1S/C15H16F2N2O/c1-3-18-9-11-6-7-19-15(14(11)17)20-12-5-4-10(2)13(16)8-12/h4-8,18H,3,9H2,1-2H3. The third-order valence-electron chi connectivity index (χ3n) is 2.86. The number of halogens is 2. The van der Waals surface area contributed by atoms with Crippen molar-refractivity contribution in [1.29, 1.82) is 0 Å². The number of benzene rings is 1. The van der Waals surface area contributed by atoms with Crippen LogP contribution in [0.15, 0.2) is 30.5 Å². The van der Waals surface area contributed by atoms with Gasteiger partial charge in [0.1, 0.15) is 11.6 Å². The van der Waals surface area contributed by atoms with Crippen molar-refractivity contribution in [2.45, 2.75) is 20.4 Å². The molecule has 1 N–H and O–H groups in total. The van der Waals surface area contributed by atoms with Gasteiger partial charge in [-0.1, -0.05) is 13.0 Å². The van der Waals surface area contributed by atoms with Gasteiger partial charge in [-0.15, -0.1) is 0 Å². The summed E-state index contributed by atoms with van der Waals surface area (Å²) in [5, 5.41) is 3.03. The zero-order valence-electron chi connectivity index (χ0n) is 11.4. The minimum absolute atomic E-state index is 0.149. The van der Waals surface area contributed by atoms with Crippen molar-refractivity contribution >= 4 is 0 Å². The molecule has 1 heterocycles. The van der Waals surface area contributed by atoms with Crippen LogP contribution in [0.5, 0.6) is 11.6 Å². The number of nitrogens with zero attached hydrogens (tertiary/aromatic N) is 1. The first-order valence-electron chi connectivity index (χ1n) is 6.40. The Labute approximate surface area is 116 Å². The molecule has 2 rings (SSSR count). The lowest BCUT2D eigenvalue weighted by Crippen LogP contribution is -2.13. The molecule has 0 aliphatic heterocycles. The Morgan fingerprint density at radius 3 is 2.75 bits per heavy atom. The van der Waals surface area contributed by atoms with Gasteiger partial charge in [0.05, 0.1) is 0 Å². The average Bonchev–Trinajstić information content (AvgIpc) is 2.44. The average molecular weight is 278 g/mol. The number of rotatable bonds is 5. The van der Waals surface area contributed by atoms with E-state index in [2.05, 4.69) is 10.3 Å². The van der Waals surface area contributed by atoms with E-state index in [-0.39, 0.29) is 11.6 Å². The highest BCUT2D eigenvalue weighted by molar-refractivity contribution is 5.33. The molecule has 0 unspecified atom stereocenters. The normalized spacial score (nSPS) is 10.6. The quantitative estimate of drug-likeness (QED) is 0.908. The molecule has 0 aliphatic carbocycles. The van der Waals surface area contributed by atoms with E-state index in [4.69, 9.17) is 4.74 Å². The summed E-state index contributed by atoms with van der Waals surface area (Å²) in [5.41, 5.74) is 0.969. The van der Waals surface area contributed by atoms with E-state index in [0.29, 0.717) is 17.7 Å². The first-order chi connectivity index (χ1) is 9.61. The van der Waals surface area contributed by atoms with Crippen LogP contribution in [0.25, 0.3) is 0 Å². The highest BCUT2D eigenvalue weighted by atomic mass is 19.1. The van der Waals surface area contributed by atoms with Gasteiger partial charge in [-0.05, 0) is 31.2 Å². The summed E-state index contributed by atoms with van der Waals surface area (Å²) in [6.07, 6.45) is 1.47. The molecule has 0 radical (unpaired) electrons. The topological polar surface area (TPSA) is 34.2 Å². The number of ether oxygens (including phenoxy) is 1. The van der Waals surface area contributed by atoms with E-state index in [1.807, 2.05) is 6.92 Å². The van der Waals surface area contributed by atoms with Crippen molar-refractivity contribution in [2.75, 3.05) is 6.54 Å². The molecule has 106 valence electrons. The fourth-order valence-electron chi connectivity index (χ4n) is 1.68. The molecule has 3 nitrogen and oxygen atoms in total. The van der Waals surface area contributed by atoms with Gasteiger partial charge >= 0.3 is 0 Å². The fourth-order valence-corrected chi connectivity index (χ4v) is 1.68. The number of hydrogen-bond donors (Lipinski definition) is 1. The van der Waals surface area contributed by atoms with Crippen LogP contribution in [-0.2, 0) is 6.54 Å². The van der Waals surface area contributed by atoms with Gasteiger partial charge in [-0.3, -0.25) is 0 Å². The predicted molar refractivity (Wildman–Crippen MR) is 72.8 cm³/mol. The van der Waals surface area contributed by atoms with Crippen LogP contribution in [-0.4, -0.2) is 11.5 Å². The molecule has 0 fully saturated rings. The van der Waals surface area contributed by atoms with Crippen LogP contribution in [0.2, 0.25) is 0 Å². The summed E-state index contributed by atoms with van der Waals surface area (Å²) in [7, 11) is 0. The summed E-state index contributed by atoms with van der Waals surface area (Å²) in [5.74, 6) is -0.857. The Morgan fingerprint density at radius 1 is 1.25 bits per heavy atom. The third-order valence-corrected chi connectivity index (χ3v) is 2.86. The minimum atomic E-state index is -0.533. The Bertz CT molecular complexity index is 602. The number of pyridine rings is 1. The zero-order valence-corrected chi connectivity index (χ0v) is 11.4. The largest absolute Gasteiger partial charge is 0.436 e. The van der Waals surface area contributed by atoms with Crippen molar-refractivity contribution in [3.8, 4) is 11.6 Å². The summed E-state index contributed by atoms with van der Waals surface area (Å²) in [6, 6.07) is 5.95. The van der Waals surface area contributed by atoms with Gasteiger partial charge in [0, 0.05) is 24.4 Å². The highest BCUT2D eigenvalue weighted by Crippen LogP contribution is 2.25. The lowest BCUT2D eigenvalue weighted by atomic mass is 10.2. The van der Waals surface area contributed by atoms with Crippen LogP contribution in [0.3, 0.4) is 0 Å². The zero-order chi connectivity index (χ0) is 14.5. The van der Waals surface area contributed by atoms with E-state index < -0.39 is 11.6 Å². The van der Waals surface area contributed by atoms with Gasteiger partial charge in [0.25, 0.3) is 5.88 Å². The molecule has 0 saturated heterocycles. The predicted octanol–water partition coefficient (Wildman–Crippen LogP) is 3.57. The molecule has 20 heavy (non-hydrogen) atoms. The molecule has 0 spiro atoms. The van der Waals surface area contributed by atoms with Crippen molar-refractivity contribution in [2.24, 2.45) is 0 Å². The van der Waals surface area contributed by atoms with E-state index in [0.717, 1.165) is 6.54 Å². The summed E-state index contributed by atoms with van der Waals surface area (Å²) in [6.45, 7) is 4.71. The van der Waals surface area contributed by atoms with Gasteiger partial charge in [0.2, 0.25) is 0 Å². The third kappa shape index (κ3) is 3.30. The van der Waals surface area contributed by atoms with Crippen LogP contribution in [0.1, 0.15) is 18.1 Å². The van der Waals surface area contributed by atoms with Gasteiger partial charge < -0.3 is 10.1 Å². The van der Waals surface area contributed by atoms with Crippen LogP contribution in [0.4, 0.5) is 8.78 Å². The Kier molecular flexibility index (Phi) is 4.63. The molecule has 1 aromatic heterocycles. The maximum atomic E-state index is 14.1. The van der Waals surface area contributed by atoms with Crippen molar-refractivity contribution in [3.05, 3.63) is 53.2 Å². The Balaban J connectivity index is 2.22. The second-order valence-corrected chi connectivity index (χ2v) is 4.38. The Morgan fingerprint density at radius 2 is 2.05 bits per heavy atom. The molecule has 0 bridgehead atoms. The molecule has 1 aromatic carbocycles. The van der Waals surface area contributed by atoms with Crippen LogP contribution in [0, 0.1) is 18.6 Å². The molecule has 5 heteroatoms. The smallest absolute Gasteiger partial charge is 0.256 e. The summed E-state index contributed by atoms with van der Waals surface area (Å²) < 4.78 is 32.9. The molecule has 2 aromatic rings. The second kappa shape index (κ2) is 6.43. The summed E-state index contributed by atoms with van der Waals surface area (Å²) in [4.78, 5) is 3.85. The second-order valence-electron chi connectivity index (χ2n) is 4.38. The highest BCUT2D eigenvalue weighted by Gasteiger charge is 2.12. The first kappa shape index (κ1) is 14.4. The molecular weight excluding hydrogens is 262 g/mol. The molecule has 0 atom stereocenters. The molecule has 0 amide bonds. The van der Waals surface area contributed by atoms with Gasteiger partial charge in [0.15, 0.2) is 5.82 Å². The SMILES string of the molecule is CCNCc1ccnc(Oc2ccc(C)c(F)c2)c1F. The van der Waals surface area contributed by atoms with E-state index >= 15 is 0 Å². The van der Waals surface area contributed by atoms with E-state index in [1.54, 1.807) is 25.1 Å². The van der Waals surface area contributed by atoms with Crippen molar-refractivity contribution < 1.29 is 13.5 Å². The van der Waals surface area contributed by atoms with Crippen molar-refractivity contribution in [1.82, 2.24) is 10.3 Å². The maximum absolute atomic E-state index is 14.1. The number of aromatic nitrogens is 1. The number of nitrogens with one attached hydrogen (secondary N) is 1. The Hall–Kier alpha value is -2.01. The van der Waals surface area contributed by atoms with E-state index in [9.17, 15) is 8.78 Å². The van der Waals surface area contributed by atoms with Crippen LogP contribution < -0.4 is 10.1 Å². The monoisotopic (exact) mass is 278 g/mol. The first-order valence-corrected chi connectivity index (χ1v) is 6.40. The molecule has 0 saturated carbocycles. The van der Waals surface area contributed by atoms with Crippen molar-refractivity contribution in [3.63, 3.8) is 0 Å². The lowest BCUT2D eigenvalue weighted by molar-refractivity contribution is 0.414. The lowest BCUT2D eigenvalue weighted by Gasteiger charge is -2.09. The fraction of sp³-hybridized carbons (Fsp3) is 0.267. The van der Waals surface area contributed by atoms with E-state index in [1.165, 1.54) is 12.3 Å². The number of hydrogen-bond acceptors (Lipinski definition) is 3. The van der Waals surface area contributed by atoms with Gasteiger partial charge in [-0.2, -0.15) is 0 Å². The van der Waals surface area contributed by atoms with Gasteiger partial charge in [-0.25, -0.2) is 13.8 Å². The summed E-state index contributed by atoms with van der Waals surface area (Å²) >= 11 is 0. The number of aryl methyl sites for hydroxylation is 1. The maximum Gasteiger partial charge on any atom is 0.256 e. The van der Waals surface area contributed by atoms with Crippen LogP contribution >= 0.6 is 0 Å².